The van der Waals surface area contributed by atoms with Gasteiger partial charge in [-0.1, -0.05) is 12.1 Å². The highest BCUT2D eigenvalue weighted by atomic mass is 32.1. The lowest BCUT2D eigenvalue weighted by atomic mass is 10.2. The van der Waals surface area contributed by atoms with E-state index in [4.69, 9.17) is 4.74 Å². The topological polar surface area (TPSA) is 49.8 Å². The molecule has 0 aliphatic heterocycles. The molecule has 5 nitrogen and oxygen atoms in total. The molecule has 0 bridgehead atoms. The van der Waals surface area contributed by atoms with Crippen LogP contribution >= 0.6 is 11.3 Å². The van der Waals surface area contributed by atoms with Crippen molar-refractivity contribution in [2.24, 2.45) is 4.99 Å². The monoisotopic (exact) mass is 318 g/mol. The zero-order chi connectivity index (χ0) is 15.9. The van der Waals surface area contributed by atoms with Gasteiger partial charge >= 0.3 is 0 Å². The van der Waals surface area contributed by atoms with Crippen LogP contribution in [0.2, 0.25) is 0 Å². The molecule has 6 heteroatoms. The van der Waals surface area contributed by atoms with Gasteiger partial charge in [-0.25, -0.2) is 4.98 Å². The van der Waals surface area contributed by atoms with Crippen molar-refractivity contribution in [1.82, 2.24) is 15.2 Å². The van der Waals surface area contributed by atoms with Crippen molar-refractivity contribution < 1.29 is 4.74 Å². The molecule has 0 aliphatic carbocycles. The Balaban J connectivity index is 1.93. The van der Waals surface area contributed by atoms with Gasteiger partial charge in [0.25, 0.3) is 0 Å². The number of nitrogens with zero attached hydrogens (tertiary/aromatic N) is 3. The number of aromatic nitrogens is 1. The lowest BCUT2D eigenvalue weighted by Gasteiger charge is -2.21. The van der Waals surface area contributed by atoms with Crippen LogP contribution in [-0.2, 0) is 13.1 Å². The molecule has 0 unspecified atom stereocenters. The number of guanidine groups is 1. The molecule has 0 fully saturated rings. The molecule has 118 valence electrons. The number of thiazole rings is 1. The molecule has 0 spiro atoms. The zero-order valence-electron chi connectivity index (χ0n) is 13.5. The molecule has 1 aromatic heterocycles. The molecule has 0 amide bonds. The number of ether oxygens (including phenoxy) is 1. The summed E-state index contributed by atoms with van der Waals surface area (Å²) in [5.74, 6) is 1.70. The molecule has 0 saturated heterocycles. The average molecular weight is 318 g/mol. The van der Waals surface area contributed by atoms with E-state index in [0.717, 1.165) is 34.5 Å². The largest absolute Gasteiger partial charge is 0.497 e. The molecule has 1 N–H and O–H groups in total. The van der Waals surface area contributed by atoms with Crippen molar-refractivity contribution in [3.05, 3.63) is 45.9 Å². The van der Waals surface area contributed by atoms with E-state index in [1.807, 2.05) is 32.2 Å². The molecule has 1 heterocycles. The van der Waals surface area contributed by atoms with Gasteiger partial charge in [0.15, 0.2) is 5.96 Å². The predicted molar refractivity (Wildman–Crippen MR) is 91.5 cm³/mol. The molecular weight excluding hydrogens is 296 g/mol. The van der Waals surface area contributed by atoms with Gasteiger partial charge in [-0.2, -0.15) is 0 Å². The molecule has 0 radical (unpaired) electrons. The van der Waals surface area contributed by atoms with E-state index in [-0.39, 0.29) is 0 Å². The second kappa shape index (κ2) is 7.79. The third kappa shape index (κ3) is 4.46. The van der Waals surface area contributed by atoms with Gasteiger partial charge in [0.05, 0.1) is 24.4 Å². The first-order chi connectivity index (χ1) is 10.6. The lowest BCUT2D eigenvalue weighted by Crippen LogP contribution is -2.38. The molecule has 0 aliphatic rings. The molecule has 22 heavy (non-hydrogen) atoms. The second-order valence-corrected chi connectivity index (χ2v) is 6.03. The average Bonchev–Trinajstić information content (AvgIpc) is 2.93. The predicted octanol–water partition coefficient (Wildman–Crippen LogP) is 2.67. The van der Waals surface area contributed by atoms with Crippen molar-refractivity contribution in [3.63, 3.8) is 0 Å². The summed E-state index contributed by atoms with van der Waals surface area (Å²) in [5, 5.41) is 6.53. The number of hydrogen-bond donors (Lipinski definition) is 1. The van der Waals surface area contributed by atoms with Crippen LogP contribution in [0, 0.1) is 6.92 Å². The Kier molecular flexibility index (Phi) is 5.77. The van der Waals surface area contributed by atoms with Crippen molar-refractivity contribution in [2.45, 2.75) is 20.0 Å². The van der Waals surface area contributed by atoms with E-state index in [9.17, 15) is 0 Å². The SMILES string of the molecule is CN=C(NCc1cccc(OC)c1)N(C)Cc1csc(C)n1. The van der Waals surface area contributed by atoms with Crippen LogP contribution in [0.15, 0.2) is 34.6 Å². The van der Waals surface area contributed by atoms with Gasteiger partial charge < -0.3 is 15.0 Å². The number of hydrogen-bond acceptors (Lipinski definition) is 4. The molecule has 2 aromatic rings. The quantitative estimate of drug-likeness (QED) is 0.680. The van der Waals surface area contributed by atoms with Crippen LogP contribution in [0.3, 0.4) is 0 Å². The first-order valence-corrected chi connectivity index (χ1v) is 7.96. The highest BCUT2D eigenvalue weighted by Gasteiger charge is 2.08. The summed E-state index contributed by atoms with van der Waals surface area (Å²) in [4.78, 5) is 10.9. The van der Waals surface area contributed by atoms with Crippen LogP contribution in [0.25, 0.3) is 0 Å². The van der Waals surface area contributed by atoms with Crippen LogP contribution in [0.5, 0.6) is 5.75 Å². The van der Waals surface area contributed by atoms with E-state index >= 15 is 0 Å². The minimum atomic E-state index is 0.699. The lowest BCUT2D eigenvalue weighted by molar-refractivity contribution is 0.414. The van der Waals surface area contributed by atoms with Crippen molar-refractivity contribution >= 4 is 17.3 Å². The summed E-state index contributed by atoms with van der Waals surface area (Å²) in [5.41, 5.74) is 2.22. The normalized spacial score (nSPS) is 11.4. The Morgan fingerprint density at radius 1 is 1.45 bits per heavy atom. The maximum absolute atomic E-state index is 5.24. The van der Waals surface area contributed by atoms with Crippen LogP contribution in [0.1, 0.15) is 16.3 Å². The number of benzene rings is 1. The van der Waals surface area contributed by atoms with Gasteiger partial charge in [0, 0.05) is 26.0 Å². The summed E-state index contributed by atoms with van der Waals surface area (Å²) < 4.78 is 5.24. The third-order valence-corrected chi connectivity index (χ3v) is 4.05. The Morgan fingerprint density at radius 2 is 2.27 bits per heavy atom. The summed E-state index contributed by atoms with van der Waals surface area (Å²) in [6, 6.07) is 8.01. The van der Waals surface area contributed by atoms with Crippen LogP contribution in [0.4, 0.5) is 0 Å². The van der Waals surface area contributed by atoms with Gasteiger partial charge in [0.2, 0.25) is 0 Å². The number of rotatable bonds is 5. The smallest absolute Gasteiger partial charge is 0.194 e. The van der Waals surface area contributed by atoms with Crippen molar-refractivity contribution in [3.8, 4) is 5.75 Å². The Labute approximate surface area is 135 Å². The van der Waals surface area contributed by atoms with Gasteiger partial charge in [-0.3, -0.25) is 4.99 Å². The van der Waals surface area contributed by atoms with E-state index in [2.05, 4.69) is 31.6 Å². The molecule has 0 atom stereocenters. The summed E-state index contributed by atoms with van der Waals surface area (Å²) in [6.07, 6.45) is 0. The fraction of sp³-hybridized carbons (Fsp3) is 0.375. The number of aryl methyl sites for hydroxylation is 1. The fourth-order valence-electron chi connectivity index (χ4n) is 2.15. The number of nitrogens with one attached hydrogen (secondary N) is 1. The zero-order valence-corrected chi connectivity index (χ0v) is 14.3. The van der Waals surface area contributed by atoms with Crippen molar-refractivity contribution in [1.29, 1.82) is 0 Å². The minimum Gasteiger partial charge on any atom is -0.497 e. The number of methoxy groups -OCH3 is 1. The fourth-order valence-corrected chi connectivity index (χ4v) is 2.75. The Bertz CT molecular complexity index is 639. The van der Waals surface area contributed by atoms with E-state index in [1.165, 1.54) is 0 Å². The van der Waals surface area contributed by atoms with Crippen molar-refractivity contribution in [2.75, 3.05) is 21.2 Å². The molecule has 0 saturated carbocycles. The number of aliphatic imine (C=N–C) groups is 1. The highest BCUT2D eigenvalue weighted by Crippen LogP contribution is 2.13. The summed E-state index contributed by atoms with van der Waals surface area (Å²) in [7, 11) is 5.47. The van der Waals surface area contributed by atoms with Gasteiger partial charge in [0.1, 0.15) is 5.75 Å². The van der Waals surface area contributed by atoms with E-state index in [0.29, 0.717) is 6.54 Å². The minimum absolute atomic E-state index is 0.699. The standard InChI is InChI=1S/C16H22N4OS/c1-12-19-14(11-22-12)10-20(3)16(17-2)18-9-13-6-5-7-15(8-13)21-4/h5-8,11H,9-10H2,1-4H3,(H,17,18). The van der Waals surface area contributed by atoms with E-state index in [1.54, 1.807) is 25.5 Å². The maximum atomic E-state index is 5.24. The molecular formula is C16H22N4OS. The summed E-state index contributed by atoms with van der Waals surface area (Å²) in [6.45, 7) is 3.45. The third-order valence-electron chi connectivity index (χ3n) is 3.22. The molecule has 1 aromatic carbocycles. The van der Waals surface area contributed by atoms with Gasteiger partial charge in [-0.05, 0) is 24.6 Å². The Hall–Kier alpha value is -2.08. The van der Waals surface area contributed by atoms with Crippen LogP contribution < -0.4 is 10.1 Å². The Morgan fingerprint density at radius 3 is 2.91 bits per heavy atom. The molecule has 2 rings (SSSR count). The van der Waals surface area contributed by atoms with E-state index < -0.39 is 0 Å². The summed E-state index contributed by atoms with van der Waals surface area (Å²) >= 11 is 1.67. The first kappa shape index (κ1) is 16.3. The first-order valence-electron chi connectivity index (χ1n) is 7.08. The van der Waals surface area contributed by atoms with Crippen LogP contribution in [-0.4, -0.2) is 37.0 Å². The maximum Gasteiger partial charge on any atom is 0.194 e. The highest BCUT2D eigenvalue weighted by molar-refractivity contribution is 7.09. The second-order valence-electron chi connectivity index (χ2n) is 4.97. The van der Waals surface area contributed by atoms with Gasteiger partial charge in [-0.15, -0.1) is 11.3 Å².